The molecule has 0 unspecified atom stereocenters. The molecule has 3 heteroatoms. The number of ether oxygens (including phenoxy) is 1. The van der Waals surface area contributed by atoms with Crippen molar-refractivity contribution in [1.29, 1.82) is 0 Å². The van der Waals surface area contributed by atoms with Crippen LogP contribution in [-0.4, -0.2) is 50.8 Å². The van der Waals surface area contributed by atoms with Crippen LogP contribution >= 0.6 is 0 Å². The molecular weight excluding hydrogens is 248 g/mol. The van der Waals surface area contributed by atoms with E-state index >= 15 is 0 Å². The van der Waals surface area contributed by atoms with Crippen LogP contribution in [0.4, 0.5) is 5.69 Å². The zero-order valence-corrected chi connectivity index (χ0v) is 12.3. The van der Waals surface area contributed by atoms with Crippen LogP contribution in [0, 0.1) is 5.92 Å². The minimum absolute atomic E-state index is 0.809. The first-order valence-electron chi connectivity index (χ1n) is 8.02. The SMILES string of the molecule is c1ccc(N2CCCN(CC[C@H]3CCOC3)CC2)cc1. The molecule has 2 aliphatic rings. The Labute approximate surface area is 122 Å². The van der Waals surface area contributed by atoms with Gasteiger partial charge in [-0.1, -0.05) is 18.2 Å². The van der Waals surface area contributed by atoms with Gasteiger partial charge in [0, 0.05) is 38.5 Å². The third-order valence-electron chi connectivity index (χ3n) is 4.59. The minimum Gasteiger partial charge on any atom is -0.381 e. The fraction of sp³-hybridized carbons (Fsp3) is 0.647. The number of para-hydroxylation sites is 1. The van der Waals surface area contributed by atoms with E-state index in [0.29, 0.717) is 0 Å². The second-order valence-corrected chi connectivity index (χ2v) is 6.04. The van der Waals surface area contributed by atoms with E-state index in [4.69, 9.17) is 4.74 Å². The summed E-state index contributed by atoms with van der Waals surface area (Å²) in [5, 5.41) is 0. The van der Waals surface area contributed by atoms with Crippen molar-refractivity contribution in [2.75, 3.05) is 50.8 Å². The lowest BCUT2D eigenvalue weighted by molar-refractivity contribution is 0.178. The highest BCUT2D eigenvalue weighted by Gasteiger charge is 2.19. The van der Waals surface area contributed by atoms with Crippen molar-refractivity contribution in [3.63, 3.8) is 0 Å². The summed E-state index contributed by atoms with van der Waals surface area (Å²) >= 11 is 0. The molecule has 110 valence electrons. The predicted octanol–water partition coefficient (Wildman–Crippen LogP) is 2.63. The van der Waals surface area contributed by atoms with Crippen molar-refractivity contribution < 1.29 is 4.74 Å². The first-order valence-corrected chi connectivity index (χ1v) is 8.02. The fourth-order valence-corrected chi connectivity index (χ4v) is 3.27. The maximum absolute atomic E-state index is 5.47. The Morgan fingerprint density at radius 1 is 1.05 bits per heavy atom. The number of rotatable bonds is 4. The Morgan fingerprint density at radius 3 is 2.75 bits per heavy atom. The highest BCUT2D eigenvalue weighted by molar-refractivity contribution is 5.46. The molecule has 0 amide bonds. The van der Waals surface area contributed by atoms with Crippen LogP contribution in [0.25, 0.3) is 0 Å². The molecule has 0 radical (unpaired) electrons. The van der Waals surface area contributed by atoms with Crippen molar-refractivity contribution in [2.24, 2.45) is 5.92 Å². The zero-order chi connectivity index (χ0) is 13.6. The average Bonchev–Trinajstić information content (AvgIpc) is 2.90. The summed E-state index contributed by atoms with van der Waals surface area (Å²) in [4.78, 5) is 5.17. The minimum atomic E-state index is 0.809. The molecule has 1 aromatic carbocycles. The van der Waals surface area contributed by atoms with Crippen molar-refractivity contribution in [2.45, 2.75) is 19.3 Å². The first kappa shape index (κ1) is 13.9. The number of nitrogens with zero attached hydrogens (tertiary/aromatic N) is 2. The van der Waals surface area contributed by atoms with Crippen LogP contribution < -0.4 is 4.90 Å². The zero-order valence-electron chi connectivity index (χ0n) is 12.3. The monoisotopic (exact) mass is 274 g/mol. The van der Waals surface area contributed by atoms with Gasteiger partial charge in [0.2, 0.25) is 0 Å². The third-order valence-corrected chi connectivity index (χ3v) is 4.59. The summed E-state index contributed by atoms with van der Waals surface area (Å²) in [5.74, 6) is 0.809. The Balaban J connectivity index is 1.46. The standard InChI is InChI=1S/C17H26N2O/c1-2-5-17(6-3-1)19-10-4-9-18(12-13-19)11-7-16-8-14-20-15-16/h1-3,5-6,16H,4,7-15H2/t16-/m0/s1. The summed E-state index contributed by atoms with van der Waals surface area (Å²) in [6.45, 7) is 8.00. The lowest BCUT2D eigenvalue weighted by Gasteiger charge is -2.24. The van der Waals surface area contributed by atoms with Gasteiger partial charge >= 0.3 is 0 Å². The highest BCUT2D eigenvalue weighted by Crippen LogP contribution is 2.19. The highest BCUT2D eigenvalue weighted by atomic mass is 16.5. The van der Waals surface area contributed by atoms with E-state index in [9.17, 15) is 0 Å². The van der Waals surface area contributed by atoms with Gasteiger partial charge in [0.15, 0.2) is 0 Å². The Hall–Kier alpha value is -1.06. The Bertz CT molecular complexity index is 389. The Morgan fingerprint density at radius 2 is 1.95 bits per heavy atom. The molecular formula is C17H26N2O. The van der Waals surface area contributed by atoms with Gasteiger partial charge in [0.1, 0.15) is 0 Å². The maximum Gasteiger partial charge on any atom is 0.0495 e. The van der Waals surface area contributed by atoms with Crippen molar-refractivity contribution in [3.05, 3.63) is 30.3 Å². The smallest absolute Gasteiger partial charge is 0.0495 e. The lowest BCUT2D eigenvalue weighted by Crippen LogP contribution is -2.32. The van der Waals surface area contributed by atoms with E-state index < -0.39 is 0 Å². The van der Waals surface area contributed by atoms with Gasteiger partial charge in [0.05, 0.1) is 0 Å². The van der Waals surface area contributed by atoms with Gasteiger partial charge < -0.3 is 14.5 Å². The maximum atomic E-state index is 5.47. The lowest BCUT2D eigenvalue weighted by atomic mass is 10.1. The molecule has 20 heavy (non-hydrogen) atoms. The molecule has 2 fully saturated rings. The van der Waals surface area contributed by atoms with Crippen molar-refractivity contribution >= 4 is 5.69 Å². The van der Waals surface area contributed by atoms with Crippen LogP contribution in [-0.2, 0) is 4.74 Å². The Kier molecular flexibility index (Phi) is 4.93. The number of benzene rings is 1. The van der Waals surface area contributed by atoms with Crippen molar-refractivity contribution in [1.82, 2.24) is 4.90 Å². The van der Waals surface area contributed by atoms with Gasteiger partial charge in [-0.05, 0) is 50.4 Å². The molecule has 2 saturated heterocycles. The van der Waals surface area contributed by atoms with E-state index in [2.05, 4.69) is 40.1 Å². The molecule has 0 bridgehead atoms. The molecule has 2 heterocycles. The summed E-state index contributed by atoms with van der Waals surface area (Å²) in [6.07, 6.45) is 3.85. The summed E-state index contributed by atoms with van der Waals surface area (Å²) in [7, 11) is 0. The summed E-state index contributed by atoms with van der Waals surface area (Å²) in [5.41, 5.74) is 1.37. The second kappa shape index (κ2) is 7.09. The average molecular weight is 274 g/mol. The van der Waals surface area contributed by atoms with Gasteiger partial charge in [-0.25, -0.2) is 0 Å². The molecule has 0 spiro atoms. The van der Waals surface area contributed by atoms with Gasteiger partial charge in [-0.3, -0.25) is 0 Å². The molecule has 0 aromatic heterocycles. The van der Waals surface area contributed by atoms with Crippen LogP contribution in [0.5, 0.6) is 0 Å². The number of hydrogen-bond acceptors (Lipinski definition) is 3. The van der Waals surface area contributed by atoms with Crippen molar-refractivity contribution in [3.8, 4) is 0 Å². The van der Waals surface area contributed by atoms with E-state index in [-0.39, 0.29) is 0 Å². The molecule has 2 aliphatic heterocycles. The molecule has 1 aromatic rings. The molecule has 0 N–H and O–H groups in total. The third kappa shape index (κ3) is 3.74. The molecule has 3 rings (SSSR count). The molecule has 3 nitrogen and oxygen atoms in total. The topological polar surface area (TPSA) is 15.7 Å². The molecule has 0 saturated carbocycles. The van der Waals surface area contributed by atoms with E-state index in [1.807, 2.05) is 0 Å². The van der Waals surface area contributed by atoms with E-state index in [1.165, 1.54) is 51.1 Å². The summed E-state index contributed by atoms with van der Waals surface area (Å²) < 4.78 is 5.47. The van der Waals surface area contributed by atoms with Crippen LogP contribution in [0.1, 0.15) is 19.3 Å². The number of anilines is 1. The number of hydrogen-bond donors (Lipinski definition) is 0. The quantitative estimate of drug-likeness (QED) is 0.839. The summed E-state index contributed by atoms with van der Waals surface area (Å²) in [6, 6.07) is 10.8. The van der Waals surface area contributed by atoms with Crippen LogP contribution in [0.3, 0.4) is 0 Å². The van der Waals surface area contributed by atoms with Crippen LogP contribution in [0.2, 0.25) is 0 Å². The normalized spacial score (nSPS) is 24.8. The first-order chi connectivity index (χ1) is 9.92. The van der Waals surface area contributed by atoms with Gasteiger partial charge in [-0.15, -0.1) is 0 Å². The predicted molar refractivity (Wildman–Crippen MR) is 83.3 cm³/mol. The molecule has 0 aliphatic carbocycles. The fourth-order valence-electron chi connectivity index (χ4n) is 3.27. The molecule has 1 atom stereocenters. The van der Waals surface area contributed by atoms with E-state index in [0.717, 1.165) is 25.7 Å². The van der Waals surface area contributed by atoms with E-state index in [1.54, 1.807) is 0 Å². The largest absolute Gasteiger partial charge is 0.381 e. The second-order valence-electron chi connectivity index (χ2n) is 6.04. The van der Waals surface area contributed by atoms with Gasteiger partial charge in [0.25, 0.3) is 0 Å². The van der Waals surface area contributed by atoms with Gasteiger partial charge in [-0.2, -0.15) is 0 Å². The van der Waals surface area contributed by atoms with Crippen LogP contribution in [0.15, 0.2) is 30.3 Å².